The van der Waals surface area contributed by atoms with Crippen molar-refractivity contribution >= 4 is 17.5 Å². The standard InChI is InChI=1S/C19H20ClFN2O2/c20-17-6-3-13-7-9-22-10-8-16(13)18(17)25-12-11-23-19(24)14-1-4-15(21)5-2-14/h1-6,22H,7-12H2,(H,23,24). The normalized spacial score (nSPS) is 13.7. The Labute approximate surface area is 151 Å². The van der Waals surface area contributed by atoms with Crippen LogP contribution in [0, 0.1) is 5.82 Å². The zero-order valence-electron chi connectivity index (χ0n) is 13.8. The third-order valence-electron chi connectivity index (χ3n) is 4.17. The van der Waals surface area contributed by atoms with E-state index in [-0.39, 0.29) is 11.7 Å². The molecule has 132 valence electrons. The summed E-state index contributed by atoms with van der Waals surface area (Å²) in [5.74, 6) is 0.0819. The van der Waals surface area contributed by atoms with Crippen LogP contribution in [-0.4, -0.2) is 32.1 Å². The van der Waals surface area contributed by atoms with Gasteiger partial charge in [0.05, 0.1) is 11.6 Å². The molecule has 2 aromatic rings. The second-order valence-corrected chi connectivity index (χ2v) is 6.28. The van der Waals surface area contributed by atoms with Gasteiger partial charge >= 0.3 is 0 Å². The summed E-state index contributed by atoms with van der Waals surface area (Å²) in [4.78, 5) is 12.0. The van der Waals surface area contributed by atoms with Crippen LogP contribution in [0.5, 0.6) is 5.75 Å². The maximum Gasteiger partial charge on any atom is 0.251 e. The van der Waals surface area contributed by atoms with E-state index in [0.717, 1.165) is 31.5 Å². The van der Waals surface area contributed by atoms with Crippen LogP contribution in [0.3, 0.4) is 0 Å². The van der Waals surface area contributed by atoms with E-state index in [9.17, 15) is 9.18 Å². The van der Waals surface area contributed by atoms with Crippen LogP contribution in [-0.2, 0) is 12.8 Å². The minimum Gasteiger partial charge on any atom is -0.490 e. The molecular weight excluding hydrogens is 343 g/mol. The molecule has 0 aromatic heterocycles. The molecule has 2 aromatic carbocycles. The van der Waals surface area contributed by atoms with Crippen molar-refractivity contribution in [3.63, 3.8) is 0 Å². The van der Waals surface area contributed by atoms with Gasteiger partial charge in [-0.2, -0.15) is 0 Å². The number of hydrogen-bond donors (Lipinski definition) is 2. The Balaban J connectivity index is 1.57. The Kier molecular flexibility index (Phi) is 5.89. The van der Waals surface area contributed by atoms with Gasteiger partial charge in [0, 0.05) is 11.1 Å². The van der Waals surface area contributed by atoms with Crippen molar-refractivity contribution in [1.29, 1.82) is 0 Å². The maximum absolute atomic E-state index is 12.9. The smallest absolute Gasteiger partial charge is 0.251 e. The third kappa shape index (κ3) is 4.50. The number of carbonyl (C=O) groups excluding carboxylic acids is 1. The Hall–Kier alpha value is -2.11. The number of carbonyl (C=O) groups is 1. The van der Waals surface area contributed by atoms with Crippen molar-refractivity contribution < 1.29 is 13.9 Å². The monoisotopic (exact) mass is 362 g/mol. The van der Waals surface area contributed by atoms with E-state index in [1.165, 1.54) is 29.8 Å². The van der Waals surface area contributed by atoms with Gasteiger partial charge in [0.15, 0.2) is 0 Å². The van der Waals surface area contributed by atoms with Crippen LogP contribution in [0.4, 0.5) is 4.39 Å². The second kappa shape index (κ2) is 8.32. The van der Waals surface area contributed by atoms with Crippen molar-refractivity contribution in [2.45, 2.75) is 12.8 Å². The zero-order valence-corrected chi connectivity index (χ0v) is 14.5. The lowest BCUT2D eigenvalue weighted by atomic mass is 10.0. The number of halogens is 2. The van der Waals surface area contributed by atoms with Crippen molar-refractivity contribution in [3.05, 3.63) is 63.9 Å². The van der Waals surface area contributed by atoms with E-state index in [4.69, 9.17) is 16.3 Å². The van der Waals surface area contributed by atoms with Gasteiger partial charge in [-0.15, -0.1) is 0 Å². The largest absolute Gasteiger partial charge is 0.490 e. The van der Waals surface area contributed by atoms with Gasteiger partial charge in [-0.25, -0.2) is 4.39 Å². The van der Waals surface area contributed by atoms with Crippen molar-refractivity contribution in [2.75, 3.05) is 26.2 Å². The van der Waals surface area contributed by atoms with Crippen molar-refractivity contribution in [3.8, 4) is 5.75 Å². The second-order valence-electron chi connectivity index (χ2n) is 5.88. The first-order valence-corrected chi connectivity index (χ1v) is 8.70. The number of nitrogens with one attached hydrogen (secondary N) is 2. The first kappa shape index (κ1) is 17.7. The highest BCUT2D eigenvalue weighted by atomic mass is 35.5. The lowest BCUT2D eigenvalue weighted by Crippen LogP contribution is -2.28. The lowest BCUT2D eigenvalue weighted by Gasteiger charge is -2.15. The van der Waals surface area contributed by atoms with Crippen LogP contribution < -0.4 is 15.4 Å². The molecule has 0 atom stereocenters. The molecule has 0 saturated heterocycles. The van der Waals surface area contributed by atoms with Gasteiger partial charge in [-0.3, -0.25) is 4.79 Å². The van der Waals surface area contributed by atoms with Crippen molar-refractivity contribution in [1.82, 2.24) is 10.6 Å². The van der Waals surface area contributed by atoms with Gasteiger partial charge in [0.25, 0.3) is 5.91 Å². The van der Waals surface area contributed by atoms with Gasteiger partial charge < -0.3 is 15.4 Å². The predicted molar refractivity (Wildman–Crippen MR) is 96.0 cm³/mol. The minimum absolute atomic E-state index is 0.259. The van der Waals surface area contributed by atoms with Crippen LogP contribution >= 0.6 is 11.6 Å². The Morgan fingerprint density at radius 2 is 1.92 bits per heavy atom. The van der Waals surface area contributed by atoms with Gasteiger partial charge in [-0.1, -0.05) is 17.7 Å². The van der Waals surface area contributed by atoms with E-state index in [2.05, 4.69) is 10.6 Å². The molecule has 1 heterocycles. The summed E-state index contributed by atoms with van der Waals surface area (Å²) in [6.07, 6.45) is 1.82. The molecule has 0 bridgehead atoms. The molecule has 0 aliphatic carbocycles. The summed E-state index contributed by atoms with van der Waals surface area (Å²) in [5, 5.41) is 6.71. The summed E-state index contributed by atoms with van der Waals surface area (Å²) in [7, 11) is 0. The van der Waals surface area contributed by atoms with Crippen LogP contribution in [0.2, 0.25) is 5.02 Å². The number of hydrogen-bond acceptors (Lipinski definition) is 3. The summed E-state index contributed by atoms with van der Waals surface area (Å²) in [6.45, 7) is 2.50. The molecule has 1 amide bonds. The molecular formula is C19H20ClFN2O2. The molecule has 0 radical (unpaired) electrons. The Bertz CT molecular complexity index is 750. The quantitative estimate of drug-likeness (QED) is 0.804. The lowest BCUT2D eigenvalue weighted by molar-refractivity contribution is 0.0947. The molecule has 1 aliphatic heterocycles. The van der Waals surface area contributed by atoms with E-state index in [0.29, 0.717) is 29.5 Å². The summed E-state index contributed by atoms with van der Waals surface area (Å²) in [5.41, 5.74) is 2.81. The fraction of sp³-hybridized carbons (Fsp3) is 0.316. The van der Waals surface area contributed by atoms with Crippen LogP contribution in [0.15, 0.2) is 36.4 Å². The molecule has 1 aliphatic rings. The molecule has 2 N–H and O–H groups in total. The summed E-state index contributed by atoms with van der Waals surface area (Å²) < 4.78 is 18.7. The highest BCUT2D eigenvalue weighted by Crippen LogP contribution is 2.32. The van der Waals surface area contributed by atoms with E-state index in [1.807, 2.05) is 12.1 Å². The predicted octanol–water partition coefficient (Wildman–Crippen LogP) is 2.98. The van der Waals surface area contributed by atoms with E-state index >= 15 is 0 Å². The molecule has 0 unspecified atom stereocenters. The highest BCUT2D eigenvalue weighted by molar-refractivity contribution is 6.32. The van der Waals surface area contributed by atoms with Gasteiger partial charge in [0.2, 0.25) is 0 Å². The molecule has 25 heavy (non-hydrogen) atoms. The van der Waals surface area contributed by atoms with E-state index < -0.39 is 0 Å². The molecule has 0 spiro atoms. The average Bonchev–Trinajstić information content (AvgIpc) is 2.86. The maximum atomic E-state index is 12.9. The minimum atomic E-state index is -0.367. The SMILES string of the molecule is O=C(NCCOc1c(Cl)ccc2c1CCNCC2)c1ccc(F)cc1. The fourth-order valence-corrected chi connectivity index (χ4v) is 3.12. The zero-order chi connectivity index (χ0) is 17.6. The molecule has 0 fully saturated rings. The Morgan fingerprint density at radius 1 is 1.16 bits per heavy atom. The van der Waals surface area contributed by atoms with Crippen LogP contribution in [0.1, 0.15) is 21.5 Å². The third-order valence-corrected chi connectivity index (χ3v) is 4.47. The van der Waals surface area contributed by atoms with Gasteiger partial charge in [-0.05, 0) is 61.8 Å². The fourth-order valence-electron chi connectivity index (χ4n) is 2.89. The molecule has 0 saturated carbocycles. The number of fused-ring (bicyclic) bond motifs is 1. The molecule has 4 nitrogen and oxygen atoms in total. The first-order chi connectivity index (χ1) is 12.1. The van der Waals surface area contributed by atoms with E-state index in [1.54, 1.807) is 0 Å². The summed E-state index contributed by atoms with van der Waals surface area (Å²) in [6, 6.07) is 9.34. The number of amides is 1. The average molecular weight is 363 g/mol. The number of rotatable bonds is 5. The van der Waals surface area contributed by atoms with Gasteiger partial charge in [0.1, 0.15) is 18.2 Å². The number of ether oxygens (including phenoxy) is 1. The van der Waals surface area contributed by atoms with Crippen molar-refractivity contribution in [2.24, 2.45) is 0 Å². The molecule has 3 rings (SSSR count). The topological polar surface area (TPSA) is 50.4 Å². The van der Waals surface area contributed by atoms with Crippen LogP contribution in [0.25, 0.3) is 0 Å². The Morgan fingerprint density at radius 3 is 2.72 bits per heavy atom. The first-order valence-electron chi connectivity index (χ1n) is 8.32. The highest BCUT2D eigenvalue weighted by Gasteiger charge is 2.16. The summed E-state index contributed by atoms with van der Waals surface area (Å²) >= 11 is 6.30. The number of benzene rings is 2. The molecule has 6 heteroatoms.